The van der Waals surface area contributed by atoms with Crippen molar-refractivity contribution in [3.63, 3.8) is 0 Å². The third kappa shape index (κ3) is 3.27. The minimum Gasteiger partial charge on any atom is -0.365 e. The molecule has 1 aliphatic rings. The number of primary amides is 2. The second-order valence-electron chi connectivity index (χ2n) is 8.04. The quantitative estimate of drug-likeness (QED) is 0.822. The van der Waals surface area contributed by atoms with Crippen LogP contribution < -0.4 is 11.5 Å². The Hall–Kier alpha value is -2.54. The van der Waals surface area contributed by atoms with Crippen LogP contribution in [0.25, 0.3) is 11.3 Å². The number of hydrogen-bond donors (Lipinski definition) is 2. The Labute approximate surface area is 163 Å². The summed E-state index contributed by atoms with van der Waals surface area (Å²) in [6, 6.07) is 5.99. The first-order chi connectivity index (χ1) is 12.5. The van der Waals surface area contributed by atoms with Gasteiger partial charge >= 0.3 is 6.03 Å². The highest BCUT2D eigenvalue weighted by Crippen LogP contribution is 2.45. The molecule has 0 bridgehead atoms. The number of aromatic nitrogens is 2. The van der Waals surface area contributed by atoms with Crippen molar-refractivity contribution in [2.24, 2.45) is 16.9 Å². The number of rotatable bonds is 2. The largest absolute Gasteiger partial charge is 0.365 e. The molecule has 0 aliphatic carbocycles. The topological polar surface area (TPSA) is 107 Å². The highest BCUT2D eigenvalue weighted by atomic mass is 35.5. The second kappa shape index (κ2) is 6.56. The van der Waals surface area contributed by atoms with Crippen molar-refractivity contribution in [3.8, 4) is 11.3 Å². The van der Waals surface area contributed by atoms with Gasteiger partial charge < -0.3 is 16.4 Å². The Kier molecular flexibility index (Phi) is 4.67. The van der Waals surface area contributed by atoms with Crippen LogP contribution in [-0.4, -0.2) is 33.2 Å². The first-order valence-corrected chi connectivity index (χ1v) is 9.14. The molecule has 0 radical (unpaired) electrons. The van der Waals surface area contributed by atoms with Crippen molar-refractivity contribution < 1.29 is 9.59 Å². The molecule has 1 aliphatic heterocycles. The summed E-state index contributed by atoms with van der Waals surface area (Å²) in [5.41, 5.74) is 13.1. The van der Waals surface area contributed by atoms with Crippen LogP contribution in [0.15, 0.2) is 24.3 Å². The summed E-state index contributed by atoms with van der Waals surface area (Å²) in [7, 11) is 0. The summed E-state index contributed by atoms with van der Waals surface area (Å²) < 4.78 is 1.80. The Balaban J connectivity index is 2.34. The van der Waals surface area contributed by atoms with E-state index in [0.29, 0.717) is 34.1 Å². The average molecular weight is 390 g/mol. The van der Waals surface area contributed by atoms with Crippen molar-refractivity contribution in [2.75, 3.05) is 6.54 Å². The van der Waals surface area contributed by atoms with Gasteiger partial charge in [-0.15, -0.1) is 0 Å². The number of hydrogen-bond acceptors (Lipinski definition) is 3. The number of fused-ring (bicyclic) bond motifs is 1. The van der Waals surface area contributed by atoms with E-state index in [-0.39, 0.29) is 11.5 Å². The average Bonchev–Trinajstić information content (AvgIpc) is 2.94. The molecule has 3 amide bonds. The van der Waals surface area contributed by atoms with Gasteiger partial charge in [0.25, 0.3) is 5.91 Å². The molecule has 27 heavy (non-hydrogen) atoms. The molecule has 3 rings (SSSR count). The van der Waals surface area contributed by atoms with E-state index in [0.717, 1.165) is 0 Å². The van der Waals surface area contributed by atoms with E-state index < -0.39 is 18.0 Å². The third-order valence-corrected chi connectivity index (χ3v) is 5.08. The fourth-order valence-electron chi connectivity index (χ4n) is 3.84. The second-order valence-corrected chi connectivity index (χ2v) is 8.47. The fourth-order valence-corrected chi connectivity index (χ4v) is 4.03. The lowest BCUT2D eigenvalue weighted by Gasteiger charge is -2.44. The van der Waals surface area contributed by atoms with Crippen LogP contribution in [0.3, 0.4) is 0 Å². The summed E-state index contributed by atoms with van der Waals surface area (Å²) >= 11 is 6.13. The SMILES string of the molecule is CC1CN(C(N)=O)C(C(C)(C)C)c2c(C(N)=O)c(-c3cccc(Cl)c3)nn21. The minimum absolute atomic E-state index is 0.155. The molecule has 1 aromatic carbocycles. The number of urea groups is 1. The maximum Gasteiger partial charge on any atom is 0.315 e. The van der Waals surface area contributed by atoms with Gasteiger partial charge in [-0.1, -0.05) is 44.5 Å². The van der Waals surface area contributed by atoms with Gasteiger partial charge in [-0.05, 0) is 24.5 Å². The first-order valence-electron chi connectivity index (χ1n) is 8.76. The van der Waals surface area contributed by atoms with Crippen LogP contribution in [0.2, 0.25) is 5.02 Å². The predicted octanol–water partition coefficient (Wildman–Crippen LogP) is 3.34. The van der Waals surface area contributed by atoms with Crippen LogP contribution in [0.4, 0.5) is 4.79 Å². The van der Waals surface area contributed by atoms with E-state index >= 15 is 0 Å². The van der Waals surface area contributed by atoms with Gasteiger partial charge in [0.05, 0.1) is 23.3 Å². The van der Waals surface area contributed by atoms with Gasteiger partial charge in [0.2, 0.25) is 0 Å². The summed E-state index contributed by atoms with van der Waals surface area (Å²) in [5, 5.41) is 5.24. The lowest BCUT2D eigenvalue weighted by Crippen LogP contribution is -2.51. The third-order valence-electron chi connectivity index (χ3n) is 4.84. The normalized spacial score (nSPS) is 19.7. The number of benzene rings is 1. The zero-order chi connectivity index (χ0) is 20.1. The molecule has 2 atom stereocenters. The lowest BCUT2D eigenvalue weighted by atomic mass is 9.80. The Morgan fingerprint density at radius 3 is 2.44 bits per heavy atom. The molecule has 7 nitrogen and oxygen atoms in total. The lowest BCUT2D eigenvalue weighted by molar-refractivity contribution is 0.0793. The number of nitrogens with two attached hydrogens (primary N) is 2. The Morgan fingerprint density at radius 1 is 1.26 bits per heavy atom. The molecule has 144 valence electrons. The van der Waals surface area contributed by atoms with E-state index in [4.69, 9.17) is 28.2 Å². The van der Waals surface area contributed by atoms with Gasteiger partial charge in [0.1, 0.15) is 5.69 Å². The van der Waals surface area contributed by atoms with Gasteiger partial charge in [-0.25, -0.2) is 4.79 Å². The summed E-state index contributed by atoms with van der Waals surface area (Å²) in [6.07, 6.45) is 0. The molecule has 8 heteroatoms. The summed E-state index contributed by atoms with van der Waals surface area (Å²) in [6.45, 7) is 8.30. The van der Waals surface area contributed by atoms with Crippen LogP contribution in [0, 0.1) is 5.41 Å². The minimum atomic E-state index is -0.598. The van der Waals surface area contributed by atoms with Crippen molar-refractivity contribution in [1.29, 1.82) is 0 Å². The Bertz CT molecular complexity index is 915. The maximum absolute atomic E-state index is 12.5. The first kappa shape index (κ1) is 19.2. The van der Waals surface area contributed by atoms with Crippen molar-refractivity contribution in [1.82, 2.24) is 14.7 Å². The fraction of sp³-hybridized carbons (Fsp3) is 0.421. The van der Waals surface area contributed by atoms with E-state index in [9.17, 15) is 9.59 Å². The molecule has 4 N–H and O–H groups in total. The summed E-state index contributed by atoms with van der Waals surface area (Å²) in [5.74, 6) is -0.598. The van der Waals surface area contributed by atoms with Crippen molar-refractivity contribution >= 4 is 23.5 Å². The summed E-state index contributed by atoms with van der Waals surface area (Å²) in [4.78, 5) is 26.2. The van der Waals surface area contributed by atoms with E-state index in [1.807, 2.05) is 33.8 Å². The Morgan fingerprint density at radius 2 is 1.93 bits per heavy atom. The zero-order valence-electron chi connectivity index (χ0n) is 15.9. The molecule has 2 heterocycles. The van der Waals surface area contributed by atoms with E-state index in [1.54, 1.807) is 27.8 Å². The molecule has 1 aromatic heterocycles. The highest BCUT2D eigenvalue weighted by Gasteiger charge is 2.44. The molecule has 2 unspecified atom stereocenters. The van der Waals surface area contributed by atoms with Gasteiger partial charge in [0.15, 0.2) is 0 Å². The van der Waals surface area contributed by atoms with Crippen LogP contribution >= 0.6 is 11.6 Å². The number of carbonyl (C=O) groups excluding carboxylic acids is 2. The van der Waals surface area contributed by atoms with Crippen molar-refractivity contribution in [3.05, 3.63) is 40.5 Å². The van der Waals surface area contributed by atoms with Crippen LogP contribution in [-0.2, 0) is 0 Å². The molecular weight excluding hydrogens is 366 g/mol. The maximum atomic E-state index is 12.5. The van der Waals surface area contributed by atoms with E-state index in [1.165, 1.54) is 0 Å². The predicted molar refractivity (Wildman–Crippen MR) is 104 cm³/mol. The smallest absolute Gasteiger partial charge is 0.315 e. The van der Waals surface area contributed by atoms with Gasteiger partial charge in [-0.3, -0.25) is 9.48 Å². The zero-order valence-corrected chi connectivity index (χ0v) is 16.6. The molecule has 0 saturated carbocycles. The monoisotopic (exact) mass is 389 g/mol. The molecule has 0 fully saturated rings. The van der Waals surface area contributed by atoms with Crippen LogP contribution in [0.1, 0.15) is 55.8 Å². The molecular formula is C19H24ClN5O2. The van der Waals surface area contributed by atoms with E-state index in [2.05, 4.69) is 0 Å². The van der Waals surface area contributed by atoms with Crippen LogP contribution in [0.5, 0.6) is 0 Å². The molecule has 0 saturated heterocycles. The number of carbonyl (C=O) groups is 2. The number of nitrogens with zero attached hydrogens (tertiary/aromatic N) is 3. The number of amides is 3. The standard InChI is InChI=1S/C19H24ClN5O2/c1-10-9-24(18(22)27)16(19(2,3)4)15-13(17(21)26)14(23-25(10)15)11-6-5-7-12(20)8-11/h5-8,10,16H,9H2,1-4H3,(H2,21,26)(H2,22,27). The van der Waals surface area contributed by atoms with Crippen molar-refractivity contribution in [2.45, 2.75) is 39.8 Å². The molecule has 0 spiro atoms. The number of halogens is 1. The van der Waals surface area contributed by atoms with Gasteiger partial charge in [0, 0.05) is 17.1 Å². The molecule has 2 aromatic rings. The highest BCUT2D eigenvalue weighted by molar-refractivity contribution is 6.30. The van der Waals surface area contributed by atoms with Gasteiger partial charge in [-0.2, -0.15) is 5.10 Å².